The second kappa shape index (κ2) is 8.11. The molecule has 2 heterocycles. The summed E-state index contributed by atoms with van der Waals surface area (Å²) in [4.78, 5) is 14.8. The number of nitrogens with two attached hydrogens (primary N) is 1. The number of primary sulfonamides is 1. The van der Waals surface area contributed by atoms with Crippen LogP contribution < -0.4 is 10.0 Å². The van der Waals surface area contributed by atoms with Crippen LogP contribution in [0.2, 0.25) is 0 Å². The van der Waals surface area contributed by atoms with Gasteiger partial charge in [0.2, 0.25) is 10.0 Å². The van der Waals surface area contributed by atoms with Crippen LogP contribution in [0.15, 0.2) is 52.7 Å². The lowest BCUT2D eigenvalue weighted by atomic mass is 10.1. The van der Waals surface area contributed by atoms with Crippen molar-refractivity contribution in [2.45, 2.75) is 11.5 Å². The average Bonchev–Trinajstić information content (AvgIpc) is 3.15. The van der Waals surface area contributed by atoms with Crippen molar-refractivity contribution in [1.82, 2.24) is 0 Å². The Balaban J connectivity index is 1.62. The van der Waals surface area contributed by atoms with E-state index in [2.05, 4.69) is 0 Å². The van der Waals surface area contributed by atoms with Gasteiger partial charge in [-0.2, -0.15) is 0 Å². The normalized spacial score (nSPS) is 14.9. The molecule has 0 radical (unpaired) electrons. The number of morpholine rings is 1. The summed E-state index contributed by atoms with van der Waals surface area (Å²) in [6, 6.07) is 12.2. The number of anilines is 1. The molecule has 0 spiro atoms. The van der Waals surface area contributed by atoms with E-state index in [1.165, 1.54) is 12.1 Å². The Morgan fingerprint density at radius 2 is 1.93 bits per heavy atom. The minimum Gasteiger partial charge on any atom is -0.457 e. The van der Waals surface area contributed by atoms with E-state index in [9.17, 15) is 13.2 Å². The van der Waals surface area contributed by atoms with Gasteiger partial charge in [0, 0.05) is 23.4 Å². The minimum atomic E-state index is -3.94. The highest BCUT2D eigenvalue weighted by Gasteiger charge is 2.23. The molecule has 29 heavy (non-hydrogen) atoms. The Hall–Kier alpha value is -2.46. The maximum atomic E-state index is 12.9. The van der Waals surface area contributed by atoms with Crippen molar-refractivity contribution in [3.05, 3.63) is 59.0 Å². The van der Waals surface area contributed by atoms with Gasteiger partial charge in [-0.1, -0.05) is 18.2 Å². The van der Waals surface area contributed by atoms with Crippen LogP contribution >= 0.6 is 11.3 Å². The number of hydrogen-bond donors (Lipinski definition) is 1. The molecule has 2 aromatic carbocycles. The summed E-state index contributed by atoms with van der Waals surface area (Å²) < 4.78 is 35.6. The lowest BCUT2D eigenvalue weighted by molar-refractivity contribution is 0.0474. The van der Waals surface area contributed by atoms with E-state index in [1.54, 1.807) is 17.4 Å². The number of ether oxygens (including phenoxy) is 2. The van der Waals surface area contributed by atoms with Crippen molar-refractivity contribution in [2.24, 2.45) is 5.14 Å². The van der Waals surface area contributed by atoms with Crippen molar-refractivity contribution in [2.75, 3.05) is 31.2 Å². The highest BCUT2D eigenvalue weighted by Crippen LogP contribution is 2.28. The fourth-order valence-corrected chi connectivity index (χ4v) is 4.79. The number of thiophene rings is 1. The fraction of sp³-hybridized carbons (Fsp3) is 0.250. The van der Waals surface area contributed by atoms with Crippen molar-refractivity contribution < 1.29 is 22.7 Å². The largest absolute Gasteiger partial charge is 0.457 e. The monoisotopic (exact) mass is 432 g/mol. The third kappa shape index (κ3) is 4.27. The molecular formula is C20H20N2O5S2. The van der Waals surface area contributed by atoms with Crippen molar-refractivity contribution in [3.63, 3.8) is 0 Å². The van der Waals surface area contributed by atoms with Crippen LogP contribution in [0.5, 0.6) is 0 Å². The first-order chi connectivity index (χ1) is 13.9. The molecule has 4 rings (SSSR count). The summed E-state index contributed by atoms with van der Waals surface area (Å²) >= 11 is 1.58. The third-order valence-electron chi connectivity index (χ3n) is 4.79. The highest BCUT2D eigenvalue weighted by atomic mass is 32.2. The van der Waals surface area contributed by atoms with E-state index in [-0.39, 0.29) is 17.1 Å². The second-order valence-corrected chi connectivity index (χ2v) is 9.13. The summed E-state index contributed by atoms with van der Waals surface area (Å²) in [5, 5.41) is 8.25. The quantitative estimate of drug-likeness (QED) is 0.623. The van der Waals surface area contributed by atoms with Crippen LogP contribution in [0.3, 0.4) is 0 Å². The van der Waals surface area contributed by atoms with Crippen LogP contribution in [0.4, 0.5) is 5.69 Å². The van der Waals surface area contributed by atoms with Crippen molar-refractivity contribution >= 4 is 43.1 Å². The van der Waals surface area contributed by atoms with E-state index >= 15 is 0 Å². The van der Waals surface area contributed by atoms with Gasteiger partial charge in [-0.3, -0.25) is 0 Å². The Morgan fingerprint density at radius 1 is 1.17 bits per heavy atom. The lowest BCUT2D eigenvalue weighted by Crippen LogP contribution is -2.37. The number of carbonyl (C=O) groups is 1. The highest BCUT2D eigenvalue weighted by molar-refractivity contribution is 7.89. The number of carbonyl (C=O) groups excluding carboxylic acids is 1. The zero-order valence-electron chi connectivity index (χ0n) is 15.5. The SMILES string of the molecule is NS(=O)(=O)c1ccc(N2CCOCC2)c(C(=O)OCc2csc3ccccc23)c1. The summed E-state index contributed by atoms with van der Waals surface area (Å²) in [5.74, 6) is -0.590. The van der Waals surface area contributed by atoms with Gasteiger partial charge >= 0.3 is 5.97 Å². The molecule has 1 aliphatic rings. The molecule has 1 aromatic heterocycles. The molecule has 9 heteroatoms. The molecule has 0 unspecified atom stereocenters. The van der Waals surface area contributed by atoms with Gasteiger partial charge in [0.1, 0.15) is 6.61 Å². The summed E-state index contributed by atoms with van der Waals surface area (Å²) in [5.41, 5.74) is 1.70. The number of esters is 1. The maximum Gasteiger partial charge on any atom is 0.340 e. The molecule has 0 aliphatic carbocycles. The molecule has 1 saturated heterocycles. The van der Waals surface area contributed by atoms with Gasteiger partial charge in [0.25, 0.3) is 0 Å². The molecule has 7 nitrogen and oxygen atoms in total. The zero-order valence-corrected chi connectivity index (χ0v) is 17.2. The molecule has 0 bridgehead atoms. The second-order valence-electron chi connectivity index (χ2n) is 6.66. The number of hydrogen-bond acceptors (Lipinski definition) is 7. The summed E-state index contributed by atoms with van der Waals surface area (Å²) in [7, 11) is -3.94. The number of sulfonamides is 1. The van der Waals surface area contributed by atoms with E-state index in [1.807, 2.05) is 34.5 Å². The van der Waals surface area contributed by atoms with Crippen LogP contribution in [0.1, 0.15) is 15.9 Å². The molecule has 1 aliphatic heterocycles. The first-order valence-corrected chi connectivity index (χ1v) is 11.5. The van der Waals surface area contributed by atoms with Crippen molar-refractivity contribution in [1.29, 1.82) is 0 Å². The molecule has 2 N–H and O–H groups in total. The predicted molar refractivity (Wildman–Crippen MR) is 112 cm³/mol. The third-order valence-corrected chi connectivity index (χ3v) is 6.71. The van der Waals surface area contributed by atoms with E-state index in [0.29, 0.717) is 32.0 Å². The van der Waals surface area contributed by atoms with E-state index < -0.39 is 16.0 Å². The lowest BCUT2D eigenvalue weighted by Gasteiger charge is -2.30. The molecule has 0 atom stereocenters. The number of benzene rings is 2. The smallest absolute Gasteiger partial charge is 0.340 e. The molecule has 3 aromatic rings. The van der Waals surface area contributed by atoms with Crippen LogP contribution in [-0.2, 0) is 26.1 Å². The van der Waals surface area contributed by atoms with E-state index in [4.69, 9.17) is 14.6 Å². The molecule has 0 saturated carbocycles. The Labute approximate surface area is 172 Å². The van der Waals surface area contributed by atoms with Crippen LogP contribution in [-0.4, -0.2) is 40.7 Å². The van der Waals surface area contributed by atoms with Gasteiger partial charge in [0.15, 0.2) is 0 Å². The van der Waals surface area contributed by atoms with Crippen molar-refractivity contribution in [3.8, 4) is 0 Å². The topological polar surface area (TPSA) is 98.9 Å². The molecule has 0 amide bonds. The molecule has 152 valence electrons. The minimum absolute atomic E-state index is 0.102. The Kier molecular flexibility index (Phi) is 5.55. The Morgan fingerprint density at radius 3 is 2.69 bits per heavy atom. The number of fused-ring (bicyclic) bond motifs is 1. The fourth-order valence-electron chi connectivity index (χ4n) is 3.30. The first-order valence-electron chi connectivity index (χ1n) is 9.05. The van der Waals surface area contributed by atoms with Gasteiger partial charge in [0.05, 0.1) is 29.4 Å². The number of rotatable bonds is 5. The van der Waals surface area contributed by atoms with Crippen LogP contribution in [0, 0.1) is 0 Å². The first kappa shape index (κ1) is 19.8. The number of nitrogens with zero attached hydrogens (tertiary/aromatic N) is 1. The maximum absolute atomic E-state index is 12.9. The standard InChI is InChI=1S/C20H20N2O5S2/c21-29(24,25)15-5-6-18(22-7-9-26-10-8-22)17(11-15)20(23)27-12-14-13-28-19-4-2-1-3-16(14)19/h1-6,11,13H,7-10,12H2,(H2,21,24,25). The molecular weight excluding hydrogens is 412 g/mol. The van der Waals surface area contributed by atoms with Gasteiger partial charge < -0.3 is 14.4 Å². The van der Waals surface area contributed by atoms with Gasteiger partial charge in [-0.15, -0.1) is 11.3 Å². The van der Waals surface area contributed by atoms with E-state index in [0.717, 1.165) is 15.6 Å². The average molecular weight is 433 g/mol. The zero-order chi connectivity index (χ0) is 20.4. The summed E-state index contributed by atoms with van der Waals surface area (Å²) in [6.45, 7) is 2.37. The van der Waals surface area contributed by atoms with Crippen LogP contribution in [0.25, 0.3) is 10.1 Å². The summed E-state index contributed by atoms with van der Waals surface area (Å²) in [6.07, 6.45) is 0. The predicted octanol–water partition coefficient (Wildman–Crippen LogP) is 2.74. The van der Waals surface area contributed by atoms with Gasteiger partial charge in [-0.25, -0.2) is 18.4 Å². The Bertz CT molecular complexity index is 1150. The van der Waals surface area contributed by atoms with Gasteiger partial charge in [-0.05, 0) is 35.0 Å². The molecule has 1 fully saturated rings.